The van der Waals surface area contributed by atoms with Crippen molar-refractivity contribution in [2.24, 2.45) is 0 Å². The molecule has 8 nitrogen and oxygen atoms in total. The highest BCUT2D eigenvalue weighted by atomic mass is 35.5. The van der Waals surface area contributed by atoms with E-state index in [-0.39, 0.29) is 27.3 Å². The number of nitro groups is 1. The molecular weight excluding hydrogens is 320 g/mol. The molecule has 0 aromatic carbocycles. The van der Waals surface area contributed by atoms with Crippen LogP contribution in [0.1, 0.15) is 27.8 Å². The van der Waals surface area contributed by atoms with Gasteiger partial charge in [0.25, 0.3) is 5.91 Å². The summed E-state index contributed by atoms with van der Waals surface area (Å²) in [5.74, 6) is -1.000. The van der Waals surface area contributed by atoms with Crippen LogP contribution in [0.25, 0.3) is 0 Å². The zero-order valence-electron chi connectivity index (χ0n) is 10.5. The van der Waals surface area contributed by atoms with Gasteiger partial charge in [-0.2, -0.15) is 0 Å². The van der Waals surface area contributed by atoms with Crippen LogP contribution in [0.2, 0.25) is 5.15 Å². The lowest BCUT2D eigenvalue weighted by atomic mass is 10.2. The molecule has 0 aliphatic carbocycles. The van der Waals surface area contributed by atoms with Gasteiger partial charge in [0, 0.05) is 18.5 Å². The number of hydrogen-bond donors (Lipinski definition) is 1. The summed E-state index contributed by atoms with van der Waals surface area (Å²) < 4.78 is 0. The molecule has 10 heteroatoms. The predicted octanol–water partition coefficient (Wildman–Crippen LogP) is 2.55. The predicted molar refractivity (Wildman–Crippen MR) is 76.0 cm³/mol. The van der Waals surface area contributed by atoms with E-state index in [2.05, 4.69) is 15.3 Å². The Labute approximate surface area is 126 Å². The fourth-order valence-corrected chi connectivity index (χ4v) is 2.41. The number of nitrogens with one attached hydrogen (secondary N) is 1. The van der Waals surface area contributed by atoms with Crippen LogP contribution in [0.3, 0.4) is 0 Å². The molecule has 0 aliphatic rings. The molecule has 0 fully saturated rings. The van der Waals surface area contributed by atoms with Crippen LogP contribution < -0.4 is 5.32 Å². The summed E-state index contributed by atoms with van der Waals surface area (Å²) in [5, 5.41) is 14.6. The smallest absolute Gasteiger partial charge is 0.298 e. The first-order chi connectivity index (χ1) is 9.90. The number of ketones is 1. The van der Waals surface area contributed by atoms with Gasteiger partial charge in [0.1, 0.15) is 11.3 Å². The van der Waals surface area contributed by atoms with E-state index in [1.165, 1.54) is 24.6 Å². The van der Waals surface area contributed by atoms with Crippen molar-refractivity contribution in [3.05, 3.63) is 44.2 Å². The lowest BCUT2D eigenvalue weighted by molar-refractivity contribution is -0.385. The molecule has 0 saturated carbocycles. The van der Waals surface area contributed by atoms with Gasteiger partial charge in [0.15, 0.2) is 10.9 Å². The minimum atomic E-state index is -0.785. The lowest BCUT2D eigenvalue weighted by Crippen LogP contribution is -2.14. The molecule has 2 aromatic heterocycles. The maximum Gasteiger partial charge on any atom is 0.319 e. The maximum atomic E-state index is 12.1. The van der Waals surface area contributed by atoms with Crippen molar-refractivity contribution in [3.8, 4) is 0 Å². The van der Waals surface area contributed by atoms with E-state index in [0.717, 1.165) is 11.3 Å². The Hall–Kier alpha value is -2.39. The number of hydrogen-bond acceptors (Lipinski definition) is 7. The van der Waals surface area contributed by atoms with E-state index in [9.17, 15) is 19.7 Å². The van der Waals surface area contributed by atoms with Crippen molar-refractivity contribution >= 4 is 45.4 Å². The Morgan fingerprint density at radius 1 is 1.48 bits per heavy atom. The number of carbonyl (C=O) groups is 2. The van der Waals surface area contributed by atoms with Gasteiger partial charge in [0.2, 0.25) is 5.15 Å². The summed E-state index contributed by atoms with van der Waals surface area (Å²) in [4.78, 5) is 40.8. The molecule has 21 heavy (non-hydrogen) atoms. The first kappa shape index (κ1) is 15.0. The summed E-state index contributed by atoms with van der Waals surface area (Å²) in [7, 11) is 0. The van der Waals surface area contributed by atoms with Crippen molar-refractivity contribution in [1.82, 2.24) is 9.97 Å². The van der Waals surface area contributed by atoms with E-state index < -0.39 is 16.5 Å². The second-order valence-electron chi connectivity index (χ2n) is 3.80. The molecular formula is C11H7ClN4O4S. The molecule has 1 amide bonds. The van der Waals surface area contributed by atoms with Gasteiger partial charge in [0.05, 0.1) is 4.92 Å². The van der Waals surface area contributed by atoms with E-state index >= 15 is 0 Å². The molecule has 108 valence electrons. The number of amides is 1. The Morgan fingerprint density at radius 2 is 2.19 bits per heavy atom. The number of rotatable bonds is 4. The Kier molecular flexibility index (Phi) is 4.24. The van der Waals surface area contributed by atoms with Gasteiger partial charge in [-0.1, -0.05) is 11.6 Å². The van der Waals surface area contributed by atoms with Crippen LogP contribution in [0.15, 0.2) is 17.6 Å². The van der Waals surface area contributed by atoms with Crippen LogP contribution in [0, 0.1) is 10.1 Å². The van der Waals surface area contributed by atoms with Crippen LogP contribution >= 0.6 is 22.9 Å². The van der Waals surface area contributed by atoms with Crippen molar-refractivity contribution < 1.29 is 14.5 Å². The van der Waals surface area contributed by atoms with E-state index in [1.807, 2.05) is 0 Å². The SMILES string of the molecule is CC(=O)c1csc(NC(=O)c2ccnc(Cl)c2[N+](=O)[O-])n1. The minimum Gasteiger partial charge on any atom is -0.298 e. The van der Waals surface area contributed by atoms with Gasteiger partial charge < -0.3 is 0 Å². The zero-order valence-corrected chi connectivity index (χ0v) is 12.1. The number of aromatic nitrogens is 2. The molecule has 0 bridgehead atoms. The minimum absolute atomic E-state index is 0.160. The summed E-state index contributed by atoms with van der Waals surface area (Å²) >= 11 is 6.66. The van der Waals surface area contributed by atoms with Crippen LogP contribution in [-0.4, -0.2) is 26.6 Å². The fraction of sp³-hybridized carbons (Fsp3) is 0.0909. The molecule has 0 unspecified atom stereocenters. The number of carbonyl (C=O) groups excluding carboxylic acids is 2. The highest BCUT2D eigenvalue weighted by Gasteiger charge is 2.25. The molecule has 0 spiro atoms. The number of halogens is 1. The molecule has 0 aliphatic heterocycles. The van der Waals surface area contributed by atoms with Crippen LogP contribution in [0.5, 0.6) is 0 Å². The van der Waals surface area contributed by atoms with Crippen molar-refractivity contribution in [2.45, 2.75) is 6.92 Å². The van der Waals surface area contributed by atoms with Crippen LogP contribution in [0.4, 0.5) is 10.8 Å². The second-order valence-corrected chi connectivity index (χ2v) is 5.02. The number of pyridine rings is 1. The van der Waals surface area contributed by atoms with Gasteiger partial charge in [-0.25, -0.2) is 9.97 Å². The summed E-state index contributed by atoms with van der Waals surface area (Å²) in [5.41, 5.74) is -0.614. The summed E-state index contributed by atoms with van der Waals surface area (Å²) in [6.45, 7) is 1.34. The van der Waals surface area contributed by atoms with E-state index in [4.69, 9.17) is 11.6 Å². The molecule has 0 radical (unpaired) electrons. The Bertz CT molecular complexity index is 746. The number of anilines is 1. The third kappa shape index (κ3) is 3.20. The largest absolute Gasteiger partial charge is 0.319 e. The van der Waals surface area contributed by atoms with Crippen LogP contribution in [-0.2, 0) is 0 Å². The molecule has 2 rings (SSSR count). The normalized spacial score (nSPS) is 10.2. The quantitative estimate of drug-likeness (QED) is 0.399. The highest BCUT2D eigenvalue weighted by Crippen LogP contribution is 2.27. The molecule has 2 aromatic rings. The Balaban J connectivity index is 2.30. The third-order valence-corrected chi connectivity index (χ3v) is 3.43. The highest BCUT2D eigenvalue weighted by molar-refractivity contribution is 7.14. The third-order valence-electron chi connectivity index (χ3n) is 2.39. The first-order valence-electron chi connectivity index (χ1n) is 5.47. The van der Waals surface area contributed by atoms with Gasteiger partial charge >= 0.3 is 5.69 Å². The molecule has 0 atom stereocenters. The maximum absolute atomic E-state index is 12.1. The standard InChI is InChI=1S/C11H7ClN4O4S/c1-5(17)7-4-21-11(14-7)15-10(18)6-2-3-13-9(12)8(6)16(19)20/h2-4H,1H3,(H,14,15,18). The number of thiazole rings is 1. The topological polar surface area (TPSA) is 115 Å². The first-order valence-corrected chi connectivity index (χ1v) is 6.72. The number of nitrogens with zero attached hydrogens (tertiary/aromatic N) is 3. The van der Waals surface area contributed by atoms with Gasteiger partial charge in [-0.05, 0) is 6.07 Å². The average Bonchev–Trinajstić information content (AvgIpc) is 2.86. The van der Waals surface area contributed by atoms with Crippen molar-refractivity contribution in [2.75, 3.05) is 5.32 Å². The average molecular weight is 327 g/mol. The van der Waals surface area contributed by atoms with E-state index in [0.29, 0.717) is 0 Å². The molecule has 1 N–H and O–H groups in total. The zero-order chi connectivity index (χ0) is 15.6. The summed E-state index contributed by atoms with van der Waals surface area (Å²) in [6, 6.07) is 1.18. The molecule has 0 saturated heterocycles. The van der Waals surface area contributed by atoms with Gasteiger partial charge in [-0.3, -0.25) is 25.0 Å². The summed E-state index contributed by atoms with van der Waals surface area (Å²) in [6.07, 6.45) is 1.19. The fourth-order valence-electron chi connectivity index (χ4n) is 1.44. The molecule has 2 heterocycles. The van der Waals surface area contributed by atoms with E-state index in [1.54, 1.807) is 0 Å². The monoisotopic (exact) mass is 326 g/mol. The lowest BCUT2D eigenvalue weighted by Gasteiger charge is -2.03. The van der Waals surface area contributed by atoms with Crippen molar-refractivity contribution in [1.29, 1.82) is 0 Å². The van der Waals surface area contributed by atoms with Gasteiger partial charge in [-0.15, -0.1) is 11.3 Å². The number of Topliss-reactive ketones (excluding diaryl/α,β-unsaturated/α-hetero) is 1. The van der Waals surface area contributed by atoms with Crippen molar-refractivity contribution in [3.63, 3.8) is 0 Å². The second kappa shape index (κ2) is 5.94. The Morgan fingerprint density at radius 3 is 2.76 bits per heavy atom.